The zero-order valence-electron chi connectivity index (χ0n) is 17.7. The van der Waals surface area contributed by atoms with Gasteiger partial charge in [-0.15, -0.1) is 0 Å². The Balaban J connectivity index is 1.81. The van der Waals surface area contributed by atoms with Crippen LogP contribution in [0.1, 0.15) is 43.9 Å². The fourth-order valence-electron chi connectivity index (χ4n) is 3.37. The van der Waals surface area contributed by atoms with Gasteiger partial charge in [0.05, 0.1) is 19.3 Å². The summed E-state index contributed by atoms with van der Waals surface area (Å²) in [5.74, 6) is 0.975. The molecule has 0 spiro atoms. The van der Waals surface area contributed by atoms with Gasteiger partial charge in [-0.3, -0.25) is 0 Å². The first-order valence-corrected chi connectivity index (χ1v) is 11.4. The first-order chi connectivity index (χ1) is 15.3. The highest BCUT2D eigenvalue weighted by atomic mass is 127. The molecule has 0 atom stereocenters. The Kier molecular flexibility index (Phi) is 8.33. The van der Waals surface area contributed by atoms with Crippen molar-refractivity contribution in [1.82, 2.24) is 9.55 Å². The van der Waals surface area contributed by atoms with Crippen molar-refractivity contribution in [2.75, 3.05) is 6.61 Å². The van der Waals surface area contributed by atoms with Gasteiger partial charge in [-0.2, -0.15) is 13.2 Å². The number of hydrogen-bond donors (Lipinski definition) is 0. The molecule has 0 bridgehead atoms. The maximum atomic E-state index is 13.7. The predicted octanol–water partition coefficient (Wildman–Crippen LogP) is 6.75. The second-order valence-electron chi connectivity index (χ2n) is 7.53. The highest BCUT2D eigenvalue weighted by Crippen LogP contribution is 2.34. The molecule has 0 amide bonds. The summed E-state index contributed by atoms with van der Waals surface area (Å²) in [6.07, 6.45) is -0.651. The van der Waals surface area contributed by atoms with E-state index in [9.17, 15) is 18.0 Å². The van der Waals surface area contributed by atoms with Crippen LogP contribution in [0.2, 0.25) is 0 Å². The normalized spacial score (nSPS) is 11.5. The highest BCUT2D eigenvalue weighted by molar-refractivity contribution is 14.1. The van der Waals surface area contributed by atoms with E-state index in [4.69, 9.17) is 4.74 Å². The molecule has 2 aromatic carbocycles. The molecule has 0 unspecified atom stereocenters. The van der Waals surface area contributed by atoms with Crippen molar-refractivity contribution in [2.45, 2.75) is 45.3 Å². The topological polar surface area (TPSA) is 44.1 Å². The van der Waals surface area contributed by atoms with Crippen molar-refractivity contribution in [3.05, 3.63) is 69.6 Å². The molecule has 0 N–H and O–H groups in total. The molecule has 0 aliphatic carbocycles. The number of hydrogen-bond acceptors (Lipinski definition) is 3. The van der Waals surface area contributed by atoms with Gasteiger partial charge in [0.25, 0.3) is 0 Å². The van der Waals surface area contributed by atoms with Gasteiger partial charge in [-0.1, -0.05) is 30.3 Å². The van der Waals surface area contributed by atoms with E-state index in [1.54, 1.807) is 43.3 Å². The van der Waals surface area contributed by atoms with Crippen LogP contribution in [0.15, 0.2) is 54.7 Å². The summed E-state index contributed by atoms with van der Waals surface area (Å²) in [7, 11) is 0. The number of imidazole rings is 1. The molecule has 3 rings (SSSR count). The van der Waals surface area contributed by atoms with Crippen molar-refractivity contribution in [1.29, 1.82) is 0 Å². The quantitative estimate of drug-likeness (QED) is 0.205. The second-order valence-corrected chi connectivity index (χ2v) is 8.77. The van der Waals surface area contributed by atoms with Crippen molar-refractivity contribution < 1.29 is 22.7 Å². The summed E-state index contributed by atoms with van der Waals surface area (Å²) >= 11 is 2.15. The molecule has 0 aliphatic heterocycles. The standard InChI is InChI=1S/C24H24F3IN2O2/c1-17(31)7-3-2-6-14-32-21-9-5-4-8-19(21)16-30-22(24(25,26)27)15-29-23(30)18-10-12-20(28)13-11-18/h4-5,8-13,15H,2-3,6-7,14,16H2,1H3. The average molecular weight is 556 g/mol. The van der Waals surface area contributed by atoms with Crippen LogP contribution >= 0.6 is 22.6 Å². The van der Waals surface area contributed by atoms with Gasteiger partial charge in [-0.25, -0.2) is 4.98 Å². The summed E-state index contributed by atoms with van der Waals surface area (Å²) < 4.78 is 49.2. The van der Waals surface area contributed by atoms with Crippen LogP contribution in [0.5, 0.6) is 5.75 Å². The molecule has 32 heavy (non-hydrogen) atoms. The molecule has 3 aromatic rings. The van der Waals surface area contributed by atoms with E-state index in [-0.39, 0.29) is 18.2 Å². The summed E-state index contributed by atoms with van der Waals surface area (Å²) in [5.41, 5.74) is 0.460. The average Bonchev–Trinajstić information content (AvgIpc) is 3.16. The number of ether oxygens (including phenoxy) is 1. The number of rotatable bonds is 10. The van der Waals surface area contributed by atoms with Gasteiger partial charge < -0.3 is 14.1 Å². The van der Waals surface area contributed by atoms with Crippen LogP contribution in [0, 0.1) is 3.57 Å². The van der Waals surface area contributed by atoms with Crippen LogP contribution in [0.3, 0.4) is 0 Å². The third kappa shape index (κ3) is 6.57. The molecule has 1 heterocycles. The SMILES string of the molecule is CC(=O)CCCCCOc1ccccc1Cn1c(C(F)(F)F)cnc1-c1ccc(I)cc1. The summed E-state index contributed by atoms with van der Waals surface area (Å²) in [6, 6.07) is 14.3. The number of ketones is 1. The lowest BCUT2D eigenvalue weighted by molar-refractivity contribution is -0.143. The number of aromatic nitrogens is 2. The molecule has 0 saturated carbocycles. The van der Waals surface area contributed by atoms with E-state index in [1.807, 2.05) is 12.1 Å². The fraction of sp³-hybridized carbons (Fsp3) is 0.333. The number of carbonyl (C=O) groups excluding carboxylic acids is 1. The fourth-order valence-corrected chi connectivity index (χ4v) is 3.73. The largest absolute Gasteiger partial charge is 0.493 e. The molecule has 4 nitrogen and oxygen atoms in total. The monoisotopic (exact) mass is 556 g/mol. The maximum absolute atomic E-state index is 13.7. The van der Waals surface area contributed by atoms with Gasteiger partial charge >= 0.3 is 6.18 Å². The Morgan fingerprint density at radius 1 is 1.06 bits per heavy atom. The summed E-state index contributed by atoms with van der Waals surface area (Å²) in [4.78, 5) is 15.1. The van der Waals surface area contributed by atoms with Crippen LogP contribution in [-0.4, -0.2) is 21.9 Å². The lowest BCUT2D eigenvalue weighted by atomic mass is 10.1. The van der Waals surface area contributed by atoms with Crippen molar-refractivity contribution in [3.63, 3.8) is 0 Å². The minimum atomic E-state index is -4.53. The second kappa shape index (κ2) is 11.0. The molecule has 0 radical (unpaired) electrons. The first-order valence-electron chi connectivity index (χ1n) is 10.3. The maximum Gasteiger partial charge on any atom is 0.433 e. The van der Waals surface area contributed by atoms with E-state index >= 15 is 0 Å². The van der Waals surface area contributed by atoms with Gasteiger partial charge in [0.15, 0.2) is 0 Å². The van der Waals surface area contributed by atoms with Crippen molar-refractivity contribution in [3.8, 4) is 17.1 Å². The zero-order valence-corrected chi connectivity index (χ0v) is 19.8. The summed E-state index contributed by atoms with van der Waals surface area (Å²) in [5, 5.41) is 0. The number of Topliss-reactive ketones (excluding diaryl/α,β-unsaturated/α-hetero) is 1. The number of halogens is 4. The molecular formula is C24H24F3IN2O2. The van der Waals surface area contributed by atoms with Crippen LogP contribution in [-0.2, 0) is 17.5 Å². The van der Waals surface area contributed by atoms with Gasteiger partial charge in [-0.05, 0) is 67.0 Å². The molecule has 0 saturated heterocycles. The Morgan fingerprint density at radius 2 is 1.78 bits per heavy atom. The van der Waals surface area contributed by atoms with Crippen molar-refractivity contribution >= 4 is 28.4 Å². The highest BCUT2D eigenvalue weighted by Gasteiger charge is 2.36. The number of benzene rings is 2. The Morgan fingerprint density at radius 3 is 2.47 bits per heavy atom. The third-order valence-electron chi connectivity index (χ3n) is 4.98. The minimum Gasteiger partial charge on any atom is -0.493 e. The predicted molar refractivity (Wildman–Crippen MR) is 126 cm³/mol. The number of nitrogens with zero attached hydrogens (tertiary/aromatic N) is 2. The van der Waals surface area contributed by atoms with E-state index in [2.05, 4.69) is 27.6 Å². The van der Waals surface area contributed by atoms with E-state index in [0.29, 0.717) is 29.9 Å². The van der Waals surface area contributed by atoms with Crippen molar-refractivity contribution in [2.24, 2.45) is 0 Å². The number of alkyl halides is 3. The molecular weight excluding hydrogens is 532 g/mol. The molecule has 1 aromatic heterocycles. The van der Waals surface area contributed by atoms with E-state index in [0.717, 1.165) is 29.0 Å². The Labute approximate surface area is 199 Å². The molecule has 8 heteroatoms. The van der Waals surface area contributed by atoms with Gasteiger partial charge in [0, 0.05) is 21.1 Å². The van der Waals surface area contributed by atoms with E-state index in [1.165, 1.54) is 4.57 Å². The van der Waals surface area contributed by atoms with Crippen LogP contribution < -0.4 is 4.74 Å². The molecule has 170 valence electrons. The zero-order chi connectivity index (χ0) is 23.1. The van der Waals surface area contributed by atoms with Crippen LogP contribution in [0.4, 0.5) is 13.2 Å². The first kappa shape index (κ1) is 24.3. The lowest BCUT2D eigenvalue weighted by Crippen LogP contribution is -2.15. The number of carbonyl (C=O) groups is 1. The Hall–Kier alpha value is -2.36. The summed E-state index contributed by atoms with van der Waals surface area (Å²) in [6.45, 7) is 1.99. The van der Waals surface area contributed by atoms with Crippen LogP contribution in [0.25, 0.3) is 11.4 Å². The van der Waals surface area contributed by atoms with Gasteiger partial charge in [0.2, 0.25) is 0 Å². The number of para-hydroxylation sites is 1. The molecule has 0 fully saturated rings. The lowest BCUT2D eigenvalue weighted by Gasteiger charge is -2.17. The molecule has 0 aliphatic rings. The Bertz CT molecular complexity index is 1050. The van der Waals surface area contributed by atoms with Gasteiger partial charge in [0.1, 0.15) is 23.1 Å². The smallest absolute Gasteiger partial charge is 0.433 e. The minimum absolute atomic E-state index is 0.0172. The third-order valence-corrected chi connectivity index (χ3v) is 5.70. The number of unbranched alkanes of at least 4 members (excludes halogenated alkanes) is 2. The van der Waals surface area contributed by atoms with E-state index < -0.39 is 11.9 Å².